The second-order valence-corrected chi connectivity index (χ2v) is 5.49. The summed E-state index contributed by atoms with van der Waals surface area (Å²) >= 11 is 5.21. The van der Waals surface area contributed by atoms with Crippen LogP contribution >= 0.6 is 12.2 Å². The maximum Gasteiger partial charge on any atom is 0.287 e. The van der Waals surface area contributed by atoms with Crippen LogP contribution in [0.25, 0.3) is 0 Å². The summed E-state index contributed by atoms with van der Waals surface area (Å²) in [6.45, 7) is 0. The van der Waals surface area contributed by atoms with Crippen LogP contribution in [0.3, 0.4) is 0 Å². The lowest BCUT2D eigenvalue weighted by Gasteiger charge is -2.44. The molecule has 0 unspecified atom stereocenters. The van der Waals surface area contributed by atoms with E-state index in [1.54, 1.807) is 4.90 Å². The fourth-order valence-corrected chi connectivity index (χ4v) is 3.11. The van der Waals surface area contributed by atoms with Gasteiger partial charge in [-0.3, -0.25) is 20.2 Å². The molecule has 1 saturated heterocycles. The van der Waals surface area contributed by atoms with Gasteiger partial charge in [-0.25, -0.2) is 0 Å². The molecule has 2 aromatic rings. The van der Waals surface area contributed by atoms with Crippen LogP contribution in [0.1, 0.15) is 11.6 Å². The third-order valence-electron chi connectivity index (χ3n) is 3.77. The quantitative estimate of drug-likeness (QED) is 0.486. The van der Waals surface area contributed by atoms with Gasteiger partial charge in [-0.15, -0.1) is 0 Å². The van der Waals surface area contributed by atoms with Crippen molar-refractivity contribution >= 4 is 28.6 Å². The summed E-state index contributed by atoms with van der Waals surface area (Å²) in [7, 11) is 0. The van der Waals surface area contributed by atoms with Crippen LogP contribution in [0.5, 0.6) is 0 Å². The van der Waals surface area contributed by atoms with Crippen LogP contribution in [0, 0.1) is 20.2 Å². The third-order valence-corrected chi connectivity index (χ3v) is 4.21. The molecule has 0 saturated carbocycles. The van der Waals surface area contributed by atoms with Gasteiger partial charge in [0.15, 0.2) is 4.99 Å². The molecule has 7 nitrogen and oxygen atoms in total. The number of para-hydroxylation sites is 1. The molecule has 2 aromatic carbocycles. The molecular formula is C15H11N3O4S. The zero-order valence-electron chi connectivity index (χ0n) is 11.7. The van der Waals surface area contributed by atoms with E-state index < -0.39 is 21.9 Å². The van der Waals surface area contributed by atoms with Gasteiger partial charge in [0.05, 0.1) is 4.92 Å². The lowest BCUT2D eigenvalue weighted by Crippen LogP contribution is -2.61. The Morgan fingerprint density at radius 1 is 0.957 bits per heavy atom. The average molecular weight is 329 g/mol. The molecule has 0 spiro atoms. The van der Waals surface area contributed by atoms with Crippen LogP contribution < -0.4 is 4.90 Å². The van der Waals surface area contributed by atoms with E-state index >= 15 is 0 Å². The number of thiocarbonyl (C=S) groups is 1. The molecule has 1 aliphatic heterocycles. The number of anilines is 1. The lowest BCUT2D eigenvalue weighted by atomic mass is 9.88. The minimum atomic E-state index is -1.01. The highest BCUT2D eigenvalue weighted by Crippen LogP contribution is 2.41. The van der Waals surface area contributed by atoms with Gasteiger partial charge in [0.2, 0.25) is 0 Å². The van der Waals surface area contributed by atoms with E-state index in [0.29, 0.717) is 5.56 Å². The van der Waals surface area contributed by atoms with E-state index in [-0.39, 0.29) is 10.7 Å². The second kappa shape index (κ2) is 5.73. The van der Waals surface area contributed by atoms with E-state index in [1.165, 1.54) is 24.3 Å². The number of nitro groups is 2. The van der Waals surface area contributed by atoms with E-state index in [1.807, 2.05) is 30.3 Å². The van der Waals surface area contributed by atoms with Crippen LogP contribution in [-0.2, 0) is 0 Å². The van der Waals surface area contributed by atoms with E-state index in [2.05, 4.69) is 0 Å². The first-order chi connectivity index (χ1) is 11.0. The molecule has 1 aliphatic rings. The number of hydrogen-bond acceptors (Lipinski definition) is 5. The number of rotatable bonds is 4. The maximum absolute atomic E-state index is 11.3. The van der Waals surface area contributed by atoms with Crippen LogP contribution in [0.15, 0.2) is 54.6 Å². The van der Waals surface area contributed by atoms with Crippen molar-refractivity contribution in [3.05, 3.63) is 80.4 Å². The van der Waals surface area contributed by atoms with Crippen molar-refractivity contribution in [3.8, 4) is 0 Å². The van der Waals surface area contributed by atoms with Crippen molar-refractivity contribution in [2.75, 3.05) is 4.90 Å². The standard InChI is InChI=1S/C15H11N3O4S/c19-17(20)12-8-6-10(7-9-12)13-14(18(21)22)15(23)16(13)11-4-2-1-3-5-11/h1-9,13-14H/t13-,14+/m0/s1. The molecule has 1 fully saturated rings. The van der Waals surface area contributed by atoms with Gasteiger partial charge >= 0.3 is 0 Å². The monoisotopic (exact) mass is 329 g/mol. The zero-order valence-corrected chi connectivity index (χ0v) is 12.6. The Balaban J connectivity index is 1.99. The number of nitrogens with zero attached hydrogens (tertiary/aromatic N) is 3. The van der Waals surface area contributed by atoms with Crippen molar-refractivity contribution in [3.63, 3.8) is 0 Å². The summed E-state index contributed by atoms with van der Waals surface area (Å²) in [5.74, 6) is 0. The third kappa shape index (κ3) is 2.53. The summed E-state index contributed by atoms with van der Waals surface area (Å²) in [5, 5.41) is 22.1. The molecule has 0 radical (unpaired) electrons. The van der Waals surface area contributed by atoms with Crippen molar-refractivity contribution in [1.82, 2.24) is 0 Å². The van der Waals surface area contributed by atoms with Gasteiger partial charge in [0, 0.05) is 22.7 Å². The Morgan fingerprint density at radius 3 is 2.09 bits per heavy atom. The molecule has 0 aromatic heterocycles. The number of nitro benzene ring substituents is 1. The molecular weight excluding hydrogens is 318 g/mol. The van der Waals surface area contributed by atoms with E-state index in [4.69, 9.17) is 12.2 Å². The fraction of sp³-hybridized carbons (Fsp3) is 0.133. The molecule has 0 N–H and O–H groups in total. The van der Waals surface area contributed by atoms with Crippen LogP contribution in [0.4, 0.5) is 11.4 Å². The normalized spacial score (nSPS) is 20.0. The first-order valence-corrected chi connectivity index (χ1v) is 7.17. The number of hydrogen-bond donors (Lipinski definition) is 0. The van der Waals surface area contributed by atoms with Crippen LogP contribution in [-0.4, -0.2) is 20.9 Å². The molecule has 0 aliphatic carbocycles. The zero-order chi connectivity index (χ0) is 16.6. The molecule has 0 bridgehead atoms. The first-order valence-electron chi connectivity index (χ1n) is 6.76. The van der Waals surface area contributed by atoms with Crippen molar-refractivity contribution in [2.45, 2.75) is 12.1 Å². The van der Waals surface area contributed by atoms with Gasteiger partial charge < -0.3 is 4.90 Å². The predicted molar refractivity (Wildman–Crippen MR) is 88.1 cm³/mol. The van der Waals surface area contributed by atoms with Gasteiger partial charge in [-0.05, 0) is 29.8 Å². The van der Waals surface area contributed by atoms with E-state index in [9.17, 15) is 20.2 Å². The summed E-state index contributed by atoms with van der Waals surface area (Å²) in [4.78, 5) is 23.1. The SMILES string of the molecule is O=[N+]([O-])c1ccc([C@H]2[C@@H]([N+](=O)[O-])C(=S)N2c2ccccc2)cc1. The highest BCUT2D eigenvalue weighted by molar-refractivity contribution is 7.80. The minimum absolute atomic E-state index is 0.0560. The largest absolute Gasteiger partial charge is 0.315 e. The average Bonchev–Trinajstić information content (AvgIpc) is 2.53. The van der Waals surface area contributed by atoms with Gasteiger partial charge in [-0.1, -0.05) is 30.4 Å². The minimum Gasteiger partial charge on any atom is -0.315 e. The Hall–Kier alpha value is -2.87. The maximum atomic E-state index is 11.3. The molecule has 116 valence electrons. The molecule has 23 heavy (non-hydrogen) atoms. The Morgan fingerprint density at radius 2 is 1.57 bits per heavy atom. The highest BCUT2D eigenvalue weighted by atomic mass is 32.1. The Bertz CT molecular complexity index is 779. The predicted octanol–water partition coefficient (Wildman–Crippen LogP) is 3.13. The van der Waals surface area contributed by atoms with Crippen LogP contribution in [0.2, 0.25) is 0 Å². The topological polar surface area (TPSA) is 89.5 Å². The lowest BCUT2D eigenvalue weighted by molar-refractivity contribution is -0.512. The van der Waals surface area contributed by atoms with Crippen molar-refractivity contribution < 1.29 is 9.85 Å². The molecule has 2 atom stereocenters. The molecule has 1 heterocycles. The fourth-order valence-electron chi connectivity index (χ4n) is 2.68. The molecule has 3 rings (SSSR count). The first kappa shape index (κ1) is 15.0. The molecule has 0 amide bonds. The summed E-state index contributed by atoms with van der Waals surface area (Å²) < 4.78 is 0. The summed E-state index contributed by atoms with van der Waals surface area (Å²) in [6.07, 6.45) is 0. The van der Waals surface area contributed by atoms with Gasteiger partial charge in [0.1, 0.15) is 6.04 Å². The number of non-ortho nitro benzene ring substituents is 1. The highest BCUT2D eigenvalue weighted by Gasteiger charge is 2.54. The summed E-state index contributed by atoms with van der Waals surface area (Å²) in [5.41, 5.74) is 1.33. The van der Waals surface area contributed by atoms with Crippen molar-refractivity contribution in [2.24, 2.45) is 0 Å². The Labute approximate surface area is 136 Å². The Kier molecular flexibility index (Phi) is 3.75. The van der Waals surface area contributed by atoms with Gasteiger partial charge in [0.25, 0.3) is 11.7 Å². The van der Waals surface area contributed by atoms with E-state index in [0.717, 1.165) is 5.69 Å². The smallest absolute Gasteiger partial charge is 0.287 e. The summed E-state index contributed by atoms with van der Waals surface area (Å²) in [6, 6.07) is 13.3. The number of benzene rings is 2. The van der Waals surface area contributed by atoms with Crippen molar-refractivity contribution in [1.29, 1.82) is 0 Å². The molecule has 8 heteroatoms. The van der Waals surface area contributed by atoms with Gasteiger partial charge in [-0.2, -0.15) is 0 Å². The second-order valence-electron chi connectivity index (χ2n) is 5.07.